The van der Waals surface area contributed by atoms with Crippen LogP contribution in [0.3, 0.4) is 0 Å². The lowest BCUT2D eigenvalue weighted by molar-refractivity contribution is 0.0948. The number of aryl methyl sites for hydroxylation is 1. The Kier molecular flexibility index (Phi) is 5.93. The lowest BCUT2D eigenvalue weighted by Crippen LogP contribution is -2.23. The number of hydrogen-bond acceptors (Lipinski definition) is 4. The van der Waals surface area contributed by atoms with Crippen molar-refractivity contribution in [3.8, 4) is 17.2 Å². The first-order chi connectivity index (χ1) is 11.5. The van der Waals surface area contributed by atoms with E-state index in [1.807, 2.05) is 19.1 Å². The molecular formula is C18H20ClNO4. The lowest BCUT2D eigenvalue weighted by atomic mass is 10.1. The predicted molar refractivity (Wildman–Crippen MR) is 93.5 cm³/mol. The third kappa shape index (κ3) is 3.92. The van der Waals surface area contributed by atoms with Gasteiger partial charge in [-0.2, -0.15) is 0 Å². The molecule has 0 aliphatic carbocycles. The fourth-order valence-corrected chi connectivity index (χ4v) is 2.43. The highest BCUT2D eigenvalue weighted by Gasteiger charge is 2.15. The standard InChI is InChI=1S/C18H20ClNO4/c1-11-7-16(23-3)13(9-14(11)19)18(21)20-10-12-5-6-15(22-2)17(8-12)24-4/h5-9H,10H2,1-4H3,(H,20,21). The molecule has 0 aliphatic heterocycles. The number of ether oxygens (including phenoxy) is 3. The van der Waals surface area contributed by atoms with E-state index in [1.54, 1.807) is 32.4 Å². The molecule has 128 valence electrons. The molecule has 0 bridgehead atoms. The third-order valence-corrected chi connectivity index (χ3v) is 4.03. The van der Waals surface area contributed by atoms with Gasteiger partial charge in [-0.3, -0.25) is 4.79 Å². The molecule has 2 rings (SSSR count). The molecule has 0 spiro atoms. The zero-order chi connectivity index (χ0) is 17.7. The number of benzene rings is 2. The minimum Gasteiger partial charge on any atom is -0.496 e. The van der Waals surface area contributed by atoms with Gasteiger partial charge >= 0.3 is 0 Å². The molecule has 24 heavy (non-hydrogen) atoms. The molecule has 0 saturated carbocycles. The van der Waals surface area contributed by atoms with Gasteiger partial charge in [-0.15, -0.1) is 0 Å². The number of hydrogen-bond donors (Lipinski definition) is 1. The van der Waals surface area contributed by atoms with E-state index in [0.29, 0.717) is 34.4 Å². The Hall–Kier alpha value is -2.40. The van der Waals surface area contributed by atoms with Crippen molar-refractivity contribution in [3.05, 3.63) is 52.0 Å². The summed E-state index contributed by atoms with van der Waals surface area (Å²) in [6, 6.07) is 8.83. The number of halogens is 1. The van der Waals surface area contributed by atoms with Crippen LogP contribution in [0.5, 0.6) is 17.2 Å². The van der Waals surface area contributed by atoms with E-state index in [9.17, 15) is 4.79 Å². The highest BCUT2D eigenvalue weighted by atomic mass is 35.5. The summed E-state index contributed by atoms with van der Waals surface area (Å²) in [5, 5.41) is 3.37. The molecule has 6 heteroatoms. The summed E-state index contributed by atoms with van der Waals surface area (Å²) in [7, 11) is 4.67. The summed E-state index contributed by atoms with van der Waals surface area (Å²) in [6.07, 6.45) is 0. The van der Waals surface area contributed by atoms with Gasteiger partial charge in [0.25, 0.3) is 5.91 Å². The average molecular weight is 350 g/mol. The van der Waals surface area contributed by atoms with E-state index in [4.69, 9.17) is 25.8 Å². The molecule has 0 radical (unpaired) electrons. The van der Waals surface area contributed by atoms with Gasteiger partial charge in [0.1, 0.15) is 5.75 Å². The zero-order valence-corrected chi connectivity index (χ0v) is 14.9. The number of amides is 1. The van der Waals surface area contributed by atoms with E-state index in [-0.39, 0.29) is 5.91 Å². The Labute approximate surface area is 146 Å². The maximum Gasteiger partial charge on any atom is 0.255 e. The van der Waals surface area contributed by atoms with Crippen LogP contribution in [0.15, 0.2) is 30.3 Å². The maximum atomic E-state index is 12.4. The summed E-state index contributed by atoms with van der Waals surface area (Å²) < 4.78 is 15.7. The average Bonchev–Trinajstić information content (AvgIpc) is 2.61. The minimum atomic E-state index is -0.261. The molecule has 0 unspecified atom stereocenters. The van der Waals surface area contributed by atoms with Gasteiger partial charge in [0, 0.05) is 11.6 Å². The van der Waals surface area contributed by atoms with Crippen molar-refractivity contribution < 1.29 is 19.0 Å². The molecule has 0 aromatic heterocycles. The van der Waals surface area contributed by atoms with E-state index in [0.717, 1.165) is 11.1 Å². The Morgan fingerprint density at radius 1 is 1.00 bits per heavy atom. The summed E-state index contributed by atoms with van der Waals surface area (Å²) >= 11 is 6.11. The number of carbonyl (C=O) groups is 1. The molecule has 2 aromatic carbocycles. The maximum absolute atomic E-state index is 12.4. The number of rotatable bonds is 6. The van der Waals surface area contributed by atoms with Crippen molar-refractivity contribution in [2.75, 3.05) is 21.3 Å². The first-order valence-electron chi connectivity index (χ1n) is 7.33. The fourth-order valence-electron chi connectivity index (χ4n) is 2.27. The van der Waals surface area contributed by atoms with Gasteiger partial charge < -0.3 is 19.5 Å². The van der Waals surface area contributed by atoms with Crippen molar-refractivity contribution in [1.29, 1.82) is 0 Å². The van der Waals surface area contributed by atoms with Crippen molar-refractivity contribution >= 4 is 17.5 Å². The second-order valence-corrected chi connectivity index (χ2v) is 5.58. The summed E-state index contributed by atoms with van der Waals surface area (Å²) in [6.45, 7) is 2.20. The van der Waals surface area contributed by atoms with Crippen LogP contribution in [0.1, 0.15) is 21.5 Å². The molecule has 0 atom stereocenters. The van der Waals surface area contributed by atoms with E-state index < -0.39 is 0 Å². The number of carbonyl (C=O) groups excluding carboxylic acids is 1. The van der Waals surface area contributed by atoms with Crippen LogP contribution in [-0.4, -0.2) is 27.2 Å². The Morgan fingerprint density at radius 2 is 1.67 bits per heavy atom. The van der Waals surface area contributed by atoms with Crippen molar-refractivity contribution in [2.45, 2.75) is 13.5 Å². The summed E-state index contributed by atoms with van der Waals surface area (Å²) in [5.74, 6) is 1.48. The van der Waals surface area contributed by atoms with Crippen LogP contribution >= 0.6 is 11.6 Å². The molecule has 5 nitrogen and oxygen atoms in total. The molecule has 1 amide bonds. The molecule has 0 saturated heterocycles. The van der Waals surface area contributed by atoms with Gasteiger partial charge in [-0.1, -0.05) is 17.7 Å². The normalized spacial score (nSPS) is 10.2. The quantitative estimate of drug-likeness (QED) is 0.865. The molecule has 0 aliphatic rings. The van der Waals surface area contributed by atoms with Crippen LogP contribution in [0.4, 0.5) is 0 Å². The van der Waals surface area contributed by atoms with Gasteiger partial charge in [0.2, 0.25) is 0 Å². The highest BCUT2D eigenvalue weighted by Crippen LogP contribution is 2.28. The van der Waals surface area contributed by atoms with Crippen molar-refractivity contribution in [2.24, 2.45) is 0 Å². The topological polar surface area (TPSA) is 56.8 Å². The van der Waals surface area contributed by atoms with E-state index >= 15 is 0 Å². The molecule has 2 aromatic rings. The van der Waals surface area contributed by atoms with Gasteiger partial charge in [0.15, 0.2) is 11.5 Å². The van der Waals surface area contributed by atoms with Crippen LogP contribution in [0, 0.1) is 6.92 Å². The zero-order valence-electron chi connectivity index (χ0n) is 14.1. The van der Waals surface area contributed by atoms with Crippen LogP contribution in [-0.2, 0) is 6.54 Å². The Morgan fingerprint density at radius 3 is 2.29 bits per heavy atom. The largest absolute Gasteiger partial charge is 0.496 e. The van der Waals surface area contributed by atoms with Crippen molar-refractivity contribution in [1.82, 2.24) is 5.32 Å². The predicted octanol–water partition coefficient (Wildman–Crippen LogP) is 3.60. The van der Waals surface area contributed by atoms with Gasteiger partial charge in [-0.05, 0) is 42.3 Å². The smallest absolute Gasteiger partial charge is 0.255 e. The Balaban J connectivity index is 2.15. The second-order valence-electron chi connectivity index (χ2n) is 5.17. The second kappa shape index (κ2) is 7.93. The third-order valence-electron chi connectivity index (χ3n) is 3.63. The van der Waals surface area contributed by atoms with E-state index in [2.05, 4.69) is 5.32 Å². The Bertz CT molecular complexity index is 746. The SMILES string of the molecule is COc1ccc(CNC(=O)c2cc(Cl)c(C)cc2OC)cc1OC. The number of nitrogens with one attached hydrogen (secondary N) is 1. The van der Waals surface area contributed by atoms with E-state index in [1.165, 1.54) is 7.11 Å². The molecule has 1 N–H and O–H groups in total. The van der Waals surface area contributed by atoms with Crippen molar-refractivity contribution in [3.63, 3.8) is 0 Å². The minimum absolute atomic E-state index is 0.261. The summed E-state index contributed by atoms with van der Waals surface area (Å²) in [5.41, 5.74) is 2.14. The summed E-state index contributed by atoms with van der Waals surface area (Å²) in [4.78, 5) is 12.4. The van der Waals surface area contributed by atoms with Crippen LogP contribution < -0.4 is 19.5 Å². The molecular weight excluding hydrogens is 330 g/mol. The van der Waals surface area contributed by atoms with Gasteiger partial charge in [-0.25, -0.2) is 0 Å². The highest BCUT2D eigenvalue weighted by molar-refractivity contribution is 6.31. The monoisotopic (exact) mass is 349 g/mol. The van der Waals surface area contributed by atoms with Crippen LogP contribution in [0.25, 0.3) is 0 Å². The van der Waals surface area contributed by atoms with Gasteiger partial charge in [0.05, 0.1) is 26.9 Å². The fraction of sp³-hybridized carbons (Fsp3) is 0.278. The first kappa shape index (κ1) is 17.9. The molecule has 0 fully saturated rings. The first-order valence-corrected chi connectivity index (χ1v) is 7.71. The number of methoxy groups -OCH3 is 3. The lowest BCUT2D eigenvalue weighted by Gasteiger charge is -2.13. The molecule has 0 heterocycles. The van der Waals surface area contributed by atoms with Crippen LogP contribution in [0.2, 0.25) is 5.02 Å².